The van der Waals surface area contributed by atoms with Crippen LogP contribution in [0.1, 0.15) is 36.4 Å². The van der Waals surface area contributed by atoms with Gasteiger partial charge < -0.3 is 10.5 Å². The van der Waals surface area contributed by atoms with Crippen LogP contribution in [0.25, 0.3) is 20.9 Å². The van der Waals surface area contributed by atoms with Crippen LogP contribution in [0, 0.1) is 5.92 Å². The molecular weight excluding hydrogens is 544 g/mol. The van der Waals surface area contributed by atoms with Crippen LogP contribution in [-0.4, -0.2) is 49.9 Å². The number of hydrogen-bond acceptors (Lipinski definition) is 8. The number of benzene rings is 2. The van der Waals surface area contributed by atoms with Crippen molar-refractivity contribution in [2.45, 2.75) is 37.2 Å². The number of likely N-dealkylation sites (tertiary alicyclic amines) is 1. The van der Waals surface area contributed by atoms with Gasteiger partial charge in [-0.1, -0.05) is 19.1 Å². The normalized spacial score (nSPS) is 16.7. The predicted octanol–water partition coefficient (Wildman–Crippen LogP) is 5.07. The summed E-state index contributed by atoms with van der Waals surface area (Å²) in [5, 5.41) is 2.31. The van der Waals surface area contributed by atoms with Gasteiger partial charge in [0.1, 0.15) is 17.2 Å². The summed E-state index contributed by atoms with van der Waals surface area (Å²) in [6, 6.07) is 13.9. The Morgan fingerprint density at radius 3 is 2.53 bits per heavy atom. The molecule has 2 aromatic heterocycles. The SMILES string of the molecule is COc1ccc2ccc(S(=O)(=O)NC(C)(C(=O)c3cc4c(N)nccc4s3)N3CCC(C)CC3)cc2c1.Cl. The van der Waals surface area contributed by atoms with E-state index >= 15 is 0 Å². The highest BCUT2D eigenvalue weighted by molar-refractivity contribution is 7.89. The molecule has 2 aromatic carbocycles. The van der Waals surface area contributed by atoms with Crippen molar-refractivity contribution in [2.75, 3.05) is 25.9 Å². The number of carbonyl (C=O) groups is 1. The fraction of sp³-hybridized carbons (Fsp3) is 0.333. The van der Waals surface area contributed by atoms with Crippen molar-refractivity contribution in [3.63, 3.8) is 0 Å². The molecule has 11 heteroatoms. The monoisotopic (exact) mass is 574 g/mol. The number of ketones is 1. The van der Waals surface area contributed by atoms with Crippen molar-refractivity contribution in [1.29, 1.82) is 0 Å². The summed E-state index contributed by atoms with van der Waals surface area (Å²) in [5.74, 6) is 1.18. The van der Waals surface area contributed by atoms with E-state index in [2.05, 4.69) is 16.6 Å². The number of piperidine rings is 1. The molecule has 1 fully saturated rings. The number of methoxy groups -OCH3 is 1. The molecule has 1 saturated heterocycles. The number of nitrogens with one attached hydrogen (secondary N) is 1. The molecule has 1 atom stereocenters. The van der Waals surface area contributed by atoms with E-state index in [1.54, 1.807) is 56.6 Å². The van der Waals surface area contributed by atoms with E-state index in [9.17, 15) is 13.2 Å². The number of nitrogen functional groups attached to an aromatic ring is 1. The number of anilines is 1. The first-order valence-corrected chi connectivity index (χ1v) is 14.5. The van der Waals surface area contributed by atoms with E-state index < -0.39 is 15.7 Å². The number of sulfonamides is 1. The Labute approximate surface area is 232 Å². The highest BCUT2D eigenvalue weighted by atomic mass is 35.5. The van der Waals surface area contributed by atoms with Crippen molar-refractivity contribution in [3.8, 4) is 5.75 Å². The van der Waals surface area contributed by atoms with Crippen LogP contribution < -0.4 is 15.2 Å². The largest absolute Gasteiger partial charge is 0.497 e. The van der Waals surface area contributed by atoms with Gasteiger partial charge in [0.2, 0.25) is 15.8 Å². The highest BCUT2D eigenvalue weighted by Crippen LogP contribution is 2.34. The Morgan fingerprint density at radius 2 is 1.84 bits per heavy atom. The van der Waals surface area contributed by atoms with Gasteiger partial charge >= 0.3 is 0 Å². The first-order valence-electron chi connectivity index (χ1n) is 12.2. The number of carbonyl (C=O) groups excluding carboxylic acids is 1. The molecule has 0 amide bonds. The predicted molar refractivity (Wildman–Crippen MR) is 155 cm³/mol. The maximum absolute atomic E-state index is 14.1. The minimum atomic E-state index is -4.07. The molecule has 0 aliphatic carbocycles. The minimum Gasteiger partial charge on any atom is -0.497 e. The number of pyridine rings is 1. The van der Waals surface area contributed by atoms with Crippen LogP contribution in [0.15, 0.2) is 59.6 Å². The fourth-order valence-electron chi connectivity index (χ4n) is 4.86. The second kappa shape index (κ2) is 10.8. The topological polar surface area (TPSA) is 115 Å². The van der Waals surface area contributed by atoms with E-state index in [-0.39, 0.29) is 23.1 Å². The summed E-state index contributed by atoms with van der Waals surface area (Å²) in [6.45, 7) is 5.05. The van der Waals surface area contributed by atoms with Crippen LogP contribution in [0.5, 0.6) is 5.75 Å². The van der Waals surface area contributed by atoms with Crippen LogP contribution in [-0.2, 0) is 10.0 Å². The zero-order chi connectivity index (χ0) is 26.4. The smallest absolute Gasteiger partial charge is 0.242 e. The molecule has 3 heterocycles. The second-order valence-electron chi connectivity index (χ2n) is 9.77. The lowest BCUT2D eigenvalue weighted by atomic mass is 9.94. The van der Waals surface area contributed by atoms with Gasteiger partial charge in [0.15, 0.2) is 0 Å². The number of hydrogen-bond donors (Lipinski definition) is 2. The van der Waals surface area contributed by atoms with Gasteiger partial charge in [-0.15, -0.1) is 23.7 Å². The summed E-state index contributed by atoms with van der Waals surface area (Å²) in [6.07, 6.45) is 3.36. The number of nitrogens with zero attached hydrogens (tertiary/aromatic N) is 2. The van der Waals surface area contributed by atoms with E-state index in [4.69, 9.17) is 10.5 Å². The Hall–Kier alpha value is -2.76. The standard InChI is InChI=1S/C27H30N4O4S2.ClH/c1-17-9-12-31(13-10-17)27(2,25(32)24-16-22-23(36-24)8-11-29-26(22)28)30-37(33,34)21-7-5-18-4-6-20(35-3)14-19(18)15-21;/h4-8,11,14-17,30H,9-10,12-13H2,1-3H3,(H2,28,29);1H. The summed E-state index contributed by atoms with van der Waals surface area (Å²) in [7, 11) is -2.50. The molecule has 0 spiro atoms. The van der Waals surface area contributed by atoms with Crippen molar-refractivity contribution < 1.29 is 17.9 Å². The highest BCUT2D eigenvalue weighted by Gasteiger charge is 2.45. The lowest BCUT2D eigenvalue weighted by Crippen LogP contribution is -2.64. The molecule has 5 rings (SSSR count). The third-order valence-corrected chi connectivity index (χ3v) is 9.86. The third kappa shape index (κ3) is 5.23. The Morgan fingerprint density at radius 1 is 1.13 bits per heavy atom. The Bertz CT molecular complexity index is 1600. The fourth-order valence-corrected chi connectivity index (χ4v) is 7.36. The van der Waals surface area contributed by atoms with Gasteiger partial charge in [-0.3, -0.25) is 9.69 Å². The van der Waals surface area contributed by atoms with Crippen molar-refractivity contribution in [1.82, 2.24) is 14.6 Å². The van der Waals surface area contributed by atoms with Crippen molar-refractivity contribution in [3.05, 3.63) is 59.6 Å². The van der Waals surface area contributed by atoms with Gasteiger partial charge in [0.05, 0.1) is 16.9 Å². The molecule has 0 radical (unpaired) electrons. The summed E-state index contributed by atoms with van der Waals surface area (Å²) in [5.41, 5.74) is 4.55. The molecular formula is C27H31ClN4O4S2. The zero-order valence-electron chi connectivity index (χ0n) is 21.4. The number of Topliss-reactive ketones (excluding diaryl/α,β-unsaturated/α-hetero) is 1. The number of ether oxygens (including phenoxy) is 1. The molecule has 0 bridgehead atoms. The number of aromatic nitrogens is 1. The van der Waals surface area contributed by atoms with E-state index in [1.807, 2.05) is 17.0 Å². The number of halogens is 1. The molecule has 0 saturated carbocycles. The van der Waals surface area contributed by atoms with Gasteiger partial charge in [-0.05, 0) is 72.9 Å². The first kappa shape index (κ1) is 28.3. The van der Waals surface area contributed by atoms with E-state index in [0.29, 0.717) is 40.8 Å². The lowest BCUT2D eigenvalue weighted by Gasteiger charge is -2.43. The van der Waals surface area contributed by atoms with Crippen LogP contribution in [0.3, 0.4) is 0 Å². The summed E-state index contributed by atoms with van der Waals surface area (Å²) in [4.78, 5) is 20.7. The van der Waals surface area contributed by atoms with Gasteiger partial charge in [-0.25, -0.2) is 13.4 Å². The molecule has 4 aromatic rings. The molecule has 3 N–H and O–H groups in total. The molecule has 1 unspecified atom stereocenters. The number of fused-ring (bicyclic) bond motifs is 2. The van der Waals surface area contributed by atoms with Crippen LogP contribution in [0.2, 0.25) is 0 Å². The Kier molecular flexibility index (Phi) is 8.02. The summed E-state index contributed by atoms with van der Waals surface area (Å²) >= 11 is 1.29. The molecule has 1 aliphatic heterocycles. The van der Waals surface area contributed by atoms with Crippen molar-refractivity contribution >= 4 is 66.2 Å². The summed E-state index contributed by atoms with van der Waals surface area (Å²) < 4.78 is 36.5. The maximum atomic E-state index is 14.1. The zero-order valence-corrected chi connectivity index (χ0v) is 23.9. The Balaban J connectivity index is 0.00000336. The van der Waals surface area contributed by atoms with E-state index in [0.717, 1.165) is 28.3 Å². The lowest BCUT2D eigenvalue weighted by molar-refractivity contribution is 0.0421. The quantitative estimate of drug-likeness (QED) is 0.296. The molecule has 8 nitrogen and oxygen atoms in total. The average Bonchev–Trinajstić information content (AvgIpc) is 3.33. The number of rotatable bonds is 7. The van der Waals surface area contributed by atoms with Gasteiger partial charge in [0, 0.05) is 29.4 Å². The maximum Gasteiger partial charge on any atom is 0.242 e. The molecule has 38 heavy (non-hydrogen) atoms. The minimum absolute atomic E-state index is 0. The van der Waals surface area contributed by atoms with Crippen LogP contribution >= 0.6 is 23.7 Å². The second-order valence-corrected chi connectivity index (χ2v) is 12.5. The van der Waals surface area contributed by atoms with E-state index in [1.165, 1.54) is 11.3 Å². The first-order chi connectivity index (χ1) is 17.6. The van der Waals surface area contributed by atoms with Crippen LogP contribution in [0.4, 0.5) is 5.82 Å². The molecule has 202 valence electrons. The van der Waals surface area contributed by atoms with Gasteiger partial charge in [0.25, 0.3) is 0 Å². The number of nitrogens with two attached hydrogens (primary N) is 1. The number of thiophene rings is 1. The van der Waals surface area contributed by atoms with Crippen molar-refractivity contribution in [2.24, 2.45) is 5.92 Å². The molecule has 1 aliphatic rings. The third-order valence-electron chi connectivity index (χ3n) is 7.22. The van der Waals surface area contributed by atoms with Gasteiger partial charge in [-0.2, -0.15) is 4.72 Å². The average molecular weight is 575 g/mol.